The molecule has 0 aliphatic heterocycles. The van der Waals surface area contributed by atoms with Crippen LogP contribution >= 0.6 is 23.6 Å². The van der Waals surface area contributed by atoms with Gasteiger partial charge in [0.15, 0.2) is 5.11 Å². The van der Waals surface area contributed by atoms with Gasteiger partial charge in [-0.3, -0.25) is 0 Å². The van der Waals surface area contributed by atoms with Crippen LogP contribution in [0.25, 0.3) is 10.6 Å². The Morgan fingerprint density at radius 2 is 2.00 bits per heavy atom. The maximum absolute atomic E-state index is 5.33. The van der Waals surface area contributed by atoms with E-state index in [9.17, 15) is 0 Å². The summed E-state index contributed by atoms with van der Waals surface area (Å²) in [5.41, 5.74) is 6.36. The lowest BCUT2D eigenvalue weighted by Crippen LogP contribution is -2.18. The number of hydrogen-bond acceptors (Lipinski definition) is 4. The van der Waals surface area contributed by atoms with E-state index in [-0.39, 0.29) is 5.11 Å². The minimum atomic E-state index is 0.200. The second kappa shape index (κ2) is 4.33. The van der Waals surface area contributed by atoms with Crippen molar-refractivity contribution in [3.8, 4) is 10.6 Å². The van der Waals surface area contributed by atoms with Crippen molar-refractivity contribution in [3.05, 3.63) is 30.3 Å². The SMILES string of the molecule is NC(=S)Nc1nnc(-c2ccccc2)s1. The highest BCUT2D eigenvalue weighted by Crippen LogP contribution is 2.25. The fourth-order valence-corrected chi connectivity index (χ4v) is 2.00. The normalized spacial score (nSPS) is 9.87. The van der Waals surface area contributed by atoms with Gasteiger partial charge in [-0.05, 0) is 12.2 Å². The lowest BCUT2D eigenvalue weighted by molar-refractivity contribution is 1.10. The van der Waals surface area contributed by atoms with Gasteiger partial charge in [-0.15, -0.1) is 10.2 Å². The molecule has 2 rings (SSSR count). The zero-order valence-corrected chi connectivity index (χ0v) is 9.31. The first-order valence-corrected chi connectivity index (χ1v) is 5.43. The molecular formula is C9H8N4S2. The molecule has 15 heavy (non-hydrogen) atoms. The summed E-state index contributed by atoms with van der Waals surface area (Å²) in [5, 5.41) is 12.4. The molecule has 1 aromatic heterocycles. The van der Waals surface area contributed by atoms with Gasteiger partial charge in [-0.1, -0.05) is 41.7 Å². The molecule has 4 nitrogen and oxygen atoms in total. The fourth-order valence-electron chi connectivity index (χ4n) is 1.08. The van der Waals surface area contributed by atoms with Crippen LogP contribution in [0.15, 0.2) is 30.3 Å². The van der Waals surface area contributed by atoms with E-state index in [1.165, 1.54) is 11.3 Å². The summed E-state index contributed by atoms with van der Waals surface area (Å²) >= 11 is 6.12. The maximum atomic E-state index is 5.33. The molecule has 0 radical (unpaired) electrons. The third kappa shape index (κ3) is 2.48. The molecule has 0 saturated carbocycles. The first-order valence-electron chi connectivity index (χ1n) is 4.21. The van der Waals surface area contributed by atoms with E-state index in [1.54, 1.807) is 0 Å². The van der Waals surface area contributed by atoms with Crippen LogP contribution in [0.5, 0.6) is 0 Å². The number of hydrogen-bond donors (Lipinski definition) is 2. The van der Waals surface area contributed by atoms with Crippen LogP contribution in [0, 0.1) is 0 Å². The zero-order valence-electron chi connectivity index (χ0n) is 7.68. The van der Waals surface area contributed by atoms with E-state index in [1.807, 2.05) is 30.3 Å². The molecule has 0 aliphatic rings. The molecule has 1 aromatic carbocycles. The Hall–Kier alpha value is -1.53. The van der Waals surface area contributed by atoms with E-state index in [0.29, 0.717) is 5.13 Å². The molecule has 0 bridgehead atoms. The summed E-state index contributed by atoms with van der Waals surface area (Å²) in [6.07, 6.45) is 0. The second-order valence-corrected chi connectivity index (χ2v) is 4.18. The molecule has 0 saturated heterocycles. The van der Waals surface area contributed by atoms with Gasteiger partial charge in [0.2, 0.25) is 5.13 Å². The van der Waals surface area contributed by atoms with Gasteiger partial charge in [0.05, 0.1) is 0 Å². The Morgan fingerprint density at radius 1 is 1.27 bits per heavy atom. The van der Waals surface area contributed by atoms with Crippen molar-refractivity contribution in [2.24, 2.45) is 5.73 Å². The average Bonchev–Trinajstić information content (AvgIpc) is 2.67. The number of anilines is 1. The molecule has 0 aliphatic carbocycles. The number of nitrogens with one attached hydrogen (secondary N) is 1. The fraction of sp³-hybridized carbons (Fsp3) is 0. The van der Waals surface area contributed by atoms with Crippen LogP contribution in [-0.4, -0.2) is 15.3 Å². The van der Waals surface area contributed by atoms with E-state index in [4.69, 9.17) is 18.0 Å². The highest BCUT2D eigenvalue weighted by molar-refractivity contribution is 7.80. The molecule has 0 amide bonds. The van der Waals surface area contributed by atoms with E-state index in [0.717, 1.165) is 10.6 Å². The Morgan fingerprint density at radius 3 is 2.67 bits per heavy atom. The summed E-state index contributed by atoms with van der Waals surface area (Å²) in [4.78, 5) is 0. The predicted octanol–water partition coefficient (Wildman–Crippen LogP) is 1.86. The molecule has 76 valence electrons. The number of nitrogens with two attached hydrogens (primary N) is 1. The molecule has 2 aromatic rings. The highest BCUT2D eigenvalue weighted by Gasteiger charge is 2.05. The Kier molecular flexibility index (Phi) is 2.89. The number of benzene rings is 1. The van der Waals surface area contributed by atoms with Crippen molar-refractivity contribution >= 4 is 33.8 Å². The summed E-state index contributed by atoms with van der Waals surface area (Å²) in [5.74, 6) is 0. The van der Waals surface area contributed by atoms with Gasteiger partial charge >= 0.3 is 0 Å². The van der Waals surface area contributed by atoms with Crippen LogP contribution in [0.1, 0.15) is 0 Å². The number of thiocarbonyl (C=S) groups is 1. The average molecular weight is 236 g/mol. The molecular weight excluding hydrogens is 228 g/mol. The largest absolute Gasteiger partial charge is 0.376 e. The molecule has 0 spiro atoms. The van der Waals surface area contributed by atoms with Crippen molar-refractivity contribution < 1.29 is 0 Å². The lowest BCUT2D eigenvalue weighted by atomic mass is 10.2. The minimum Gasteiger partial charge on any atom is -0.376 e. The van der Waals surface area contributed by atoms with Crippen molar-refractivity contribution in [1.82, 2.24) is 10.2 Å². The number of aromatic nitrogens is 2. The van der Waals surface area contributed by atoms with E-state index in [2.05, 4.69) is 15.5 Å². The Balaban J connectivity index is 2.24. The quantitative estimate of drug-likeness (QED) is 0.779. The molecule has 6 heteroatoms. The van der Waals surface area contributed by atoms with Gasteiger partial charge in [-0.2, -0.15) is 0 Å². The topological polar surface area (TPSA) is 63.8 Å². The lowest BCUT2D eigenvalue weighted by Gasteiger charge is -1.94. The van der Waals surface area contributed by atoms with Crippen molar-refractivity contribution in [1.29, 1.82) is 0 Å². The summed E-state index contributed by atoms with van der Waals surface area (Å²) in [6.45, 7) is 0. The highest BCUT2D eigenvalue weighted by atomic mass is 32.1. The van der Waals surface area contributed by atoms with Crippen molar-refractivity contribution in [3.63, 3.8) is 0 Å². The minimum absolute atomic E-state index is 0.200. The van der Waals surface area contributed by atoms with Gasteiger partial charge in [0.25, 0.3) is 0 Å². The Labute approximate surface area is 96.2 Å². The monoisotopic (exact) mass is 236 g/mol. The number of rotatable bonds is 2. The van der Waals surface area contributed by atoms with Gasteiger partial charge < -0.3 is 11.1 Å². The van der Waals surface area contributed by atoms with Crippen LogP contribution in [0.3, 0.4) is 0 Å². The van der Waals surface area contributed by atoms with Gasteiger partial charge in [-0.25, -0.2) is 0 Å². The van der Waals surface area contributed by atoms with Crippen LogP contribution in [0.4, 0.5) is 5.13 Å². The van der Waals surface area contributed by atoms with Crippen LogP contribution < -0.4 is 11.1 Å². The van der Waals surface area contributed by atoms with Crippen molar-refractivity contribution in [2.45, 2.75) is 0 Å². The first kappa shape index (κ1) is 10.0. The second-order valence-electron chi connectivity index (χ2n) is 2.77. The molecule has 0 fully saturated rings. The maximum Gasteiger partial charge on any atom is 0.212 e. The number of nitrogens with zero attached hydrogens (tertiary/aromatic N) is 2. The third-order valence-electron chi connectivity index (χ3n) is 1.68. The van der Waals surface area contributed by atoms with E-state index >= 15 is 0 Å². The van der Waals surface area contributed by atoms with Crippen molar-refractivity contribution in [2.75, 3.05) is 5.32 Å². The summed E-state index contributed by atoms with van der Waals surface area (Å²) in [7, 11) is 0. The summed E-state index contributed by atoms with van der Waals surface area (Å²) < 4.78 is 0. The summed E-state index contributed by atoms with van der Waals surface area (Å²) in [6, 6.07) is 9.82. The van der Waals surface area contributed by atoms with E-state index < -0.39 is 0 Å². The van der Waals surface area contributed by atoms with Gasteiger partial charge in [0, 0.05) is 5.56 Å². The molecule has 0 atom stereocenters. The van der Waals surface area contributed by atoms with Crippen LogP contribution in [0.2, 0.25) is 0 Å². The predicted molar refractivity (Wildman–Crippen MR) is 65.8 cm³/mol. The van der Waals surface area contributed by atoms with Crippen LogP contribution in [-0.2, 0) is 0 Å². The first-order chi connectivity index (χ1) is 7.25. The smallest absolute Gasteiger partial charge is 0.212 e. The Bertz CT molecular complexity index is 466. The zero-order chi connectivity index (χ0) is 10.7. The molecule has 1 heterocycles. The van der Waals surface area contributed by atoms with Gasteiger partial charge in [0.1, 0.15) is 5.01 Å². The molecule has 3 N–H and O–H groups in total. The third-order valence-corrected chi connectivity index (χ3v) is 2.67. The molecule has 0 unspecified atom stereocenters. The standard InChI is InChI=1S/C9H8N4S2/c10-8(14)11-9-13-12-7(15-9)6-4-2-1-3-5-6/h1-5H,(H3,10,11,13,14).